The van der Waals surface area contributed by atoms with E-state index < -0.39 is 22.0 Å². The van der Waals surface area contributed by atoms with E-state index in [0.29, 0.717) is 10.2 Å². The lowest BCUT2D eigenvalue weighted by Gasteiger charge is -2.15. The van der Waals surface area contributed by atoms with Crippen LogP contribution in [-0.4, -0.2) is 20.4 Å². The minimum absolute atomic E-state index is 0.0280. The van der Waals surface area contributed by atoms with Crippen LogP contribution in [0.1, 0.15) is 6.92 Å². The topological polar surface area (TPSA) is 84.5 Å². The molecule has 0 aromatic heterocycles. The van der Waals surface area contributed by atoms with E-state index in [9.17, 15) is 13.2 Å². The Kier molecular flexibility index (Phi) is 5.79. The highest BCUT2D eigenvalue weighted by atomic mass is 79.9. The first-order chi connectivity index (χ1) is 12.8. The summed E-state index contributed by atoms with van der Waals surface area (Å²) in [6.45, 7) is 1.54. The zero-order chi connectivity index (χ0) is 19.4. The van der Waals surface area contributed by atoms with Crippen LogP contribution in [0.3, 0.4) is 0 Å². The van der Waals surface area contributed by atoms with E-state index in [2.05, 4.69) is 26.2 Å². The molecule has 0 spiro atoms. The molecule has 0 fully saturated rings. The molecule has 0 aliphatic heterocycles. The summed E-state index contributed by atoms with van der Waals surface area (Å²) < 4.78 is 30.7. The van der Waals surface area contributed by atoms with E-state index in [1.807, 2.05) is 36.4 Å². The standard InChI is InChI=1S/C19H17BrN2O4S/c1-13(26-17-10-9-14-5-2-3-6-15(14)11-17)19(23)21-22-27(24,25)18-8-4-7-16(20)12-18/h2-13,22H,1H3,(H,21,23)/t13-/m1/s1. The number of hydrazine groups is 1. The second-order valence-corrected chi connectivity index (χ2v) is 8.42. The molecule has 140 valence electrons. The number of sulfonamides is 1. The van der Waals surface area contributed by atoms with E-state index in [-0.39, 0.29) is 4.90 Å². The number of benzene rings is 3. The van der Waals surface area contributed by atoms with Gasteiger partial charge in [-0.3, -0.25) is 10.2 Å². The van der Waals surface area contributed by atoms with Gasteiger partial charge >= 0.3 is 0 Å². The van der Waals surface area contributed by atoms with Crippen molar-refractivity contribution < 1.29 is 17.9 Å². The maximum absolute atomic E-state index is 12.2. The third-order valence-corrected chi connectivity index (χ3v) is 5.56. The van der Waals surface area contributed by atoms with Gasteiger partial charge in [0.15, 0.2) is 6.10 Å². The second kappa shape index (κ2) is 8.08. The smallest absolute Gasteiger partial charge is 0.275 e. The van der Waals surface area contributed by atoms with Gasteiger partial charge in [-0.15, -0.1) is 4.83 Å². The lowest BCUT2D eigenvalue weighted by molar-refractivity contribution is -0.127. The zero-order valence-electron chi connectivity index (χ0n) is 14.3. The number of rotatable bonds is 6. The van der Waals surface area contributed by atoms with Gasteiger partial charge in [0.1, 0.15) is 5.75 Å². The van der Waals surface area contributed by atoms with Crippen LogP contribution < -0.4 is 15.0 Å². The molecule has 0 aliphatic rings. The van der Waals surface area contributed by atoms with Crippen LogP contribution in [0.4, 0.5) is 0 Å². The molecule has 1 amide bonds. The van der Waals surface area contributed by atoms with Crippen molar-refractivity contribution in [2.45, 2.75) is 17.9 Å². The maximum atomic E-state index is 12.2. The molecule has 0 saturated carbocycles. The summed E-state index contributed by atoms with van der Waals surface area (Å²) in [4.78, 5) is 14.3. The van der Waals surface area contributed by atoms with Crippen molar-refractivity contribution in [2.75, 3.05) is 0 Å². The molecule has 3 aromatic carbocycles. The summed E-state index contributed by atoms with van der Waals surface area (Å²) in [6, 6.07) is 19.4. The summed E-state index contributed by atoms with van der Waals surface area (Å²) in [5.41, 5.74) is 2.18. The van der Waals surface area contributed by atoms with Gasteiger partial charge in [-0.05, 0) is 48.0 Å². The van der Waals surface area contributed by atoms with Gasteiger partial charge in [0, 0.05) is 4.47 Å². The normalized spacial score (nSPS) is 12.5. The molecular weight excluding hydrogens is 432 g/mol. The van der Waals surface area contributed by atoms with Gasteiger partial charge in [-0.1, -0.05) is 52.3 Å². The van der Waals surface area contributed by atoms with Gasteiger partial charge in [0.05, 0.1) is 4.90 Å². The third-order valence-electron chi connectivity index (χ3n) is 3.82. The first-order valence-corrected chi connectivity index (χ1v) is 10.4. The van der Waals surface area contributed by atoms with Crippen molar-refractivity contribution in [3.8, 4) is 5.75 Å². The Balaban J connectivity index is 1.63. The molecule has 0 heterocycles. The van der Waals surface area contributed by atoms with Gasteiger partial charge in [0.2, 0.25) is 0 Å². The molecule has 0 saturated heterocycles. The Labute approximate surface area is 165 Å². The number of carbonyl (C=O) groups is 1. The van der Waals surface area contributed by atoms with Crippen molar-refractivity contribution in [1.82, 2.24) is 10.3 Å². The SMILES string of the molecule is C[C@@H](Oc1ccc2ccccc2c1)C(=O)NNS(=O)(=O)c1cccc(Br)c1. The summed E-state index contributed by atoms with van der Waals surface area (Å²) in [5, 5.41) is 2.04. The Morgan fingerprint density at radius 3 is 2.48 bits per heavy atom. The Hall–Kier alpha value is -2.42. The highest BCUT2D eigenvalue weighted by Gasteiger charge is 2.19. The van der Waals surface area contributed by atoms with E-state index in [4.69, 9.17) is 4.74 Å². The number of amides is 1. The number of hydrogen-bond acceptors (Lipinski definition) is 4. The minimum Gasteiger partial charge on any atom is -0.481 e. The van der Waals surface area contributed by atoms with Crippen molar-refractivity contribution in [2.24, 2.45) is 0 Å². The molecule has 1 atom stereocenters. The Bertz CT molecular complexity index is 1090. The molecule has 8 heteroatoms. The van der Waals surface area contributed by atoms with E-state index >= 15 is 0 Å². The lowest BCUT2D eigenvalue weighted by atomic mass is 10.1. The average molecular weight is 449 g/mol. The maximum Gasteiger partial charge on any atom is 0.275 e. The minimum atomic E-state index is -3.88. The van der Waals surface area contributed by atoms with Crippen LogP contribution in [-0.2, 0) is 14.8 Å². The summed E-state index contributed by atoms with van der Waals surface area (Å²) >= 11 is 3.21. The van der Waals surface area contributed by atoms with E-state index in [1.54, 1.807) is 18.2 Å². The molecule has 2 N–H and O–H groups in total. The number of hydrogen-bond donors (Lipinski definition) is 2. The summed E-state index contributed by atoms with van der Waals surface area (Å²) in [7, 11) is -3.88. The fourth-order valence-corrected chi connectivity index (χ4v) is 3.85. The van der Waals surface area contributed by atoms with Gasteiger partial charge in [-0.25, -0.2) is 8.42 Å². The van der Waals surface area contributed by atoms with Crippen molar-refractivity contribution >= 4 is 42.6 Å². The second-order valence-electron chi connectivity index (χ2n) is 5.82. The number of nitrogens with one attached hydrogen (secondary N) is 2. The number of carbonyl (C=O) groups excluding carboxylic acids is 1. The quantitative estimate of drug-likeness (QED) is 0.566. The van der Waals surface area contributed by atoms with Crippen LogP contribution in [0.15, 0.2) is 76.1 Å². The fourth-order valence-electron chi connectivity index (χ4n) is 2.41. The molecule has 0 unspecified atom stereocenters. The summed E-state index contributed by atoms with van der Waals surface area (Å²) in [6.07, 6.45) is -0.892. The first kappa shape index (κ1) is 19.3. The molecule has 27 heavy (non-hydrogen) atoms. The van der Waals surface area contributed by atoms with Crippen LogP contribution in [0.25, 0.3) is 10.8 Å². The molecule has 3 rings (SSSR count). The van der Waals surface area contributed by atoms with Crippen molar-refractivity contribution in [3.63, 3.8) is 0 Å². The molecular formula is C19H17BrN2O4S. The monoisotopic (exact) mass is 448 g/mol. The highest BCUT2D eigenvalue weighted by Crippen LogP contribution is 2.21. The zero-order valence-corrected chi connectivity index (χ0v) is 16.7. The highest BCUT2D eigenvalue weighted by molar-refractivity contribution is 9.10. The fraction of sp³-hybridized carbons (Fsp3) is 0.105. The first-order valence-electron chi connectivity index (χ1n) is 8.08. The van der Waals surface area contributed by atoms with E-state index in [1.165, 1.54) is 19.1 Å². The predicted molar refractivity (Wildman–Crippen MR) is 107 cm³/mol. The van der Waals surface area contributed by atoms with Gasteiger partial charge in [0.25, 0.3) is 15.9 Å². The van der Waals surface area contributed by atoms with Crippen molar-refractivity contribution in [3.05, 3.63) is 71.2 Å². The van der Waals surface area contributed by atoms with Gasteiger partial charge in [-0.2, -0.15) is 0 Å². The lowest BCUT2D eigenvalue weighted by Crippen LogP contribution is -2.47. The van der Waals surface area contributed by atoms with E-state index in [0.717, 1.165) is 10.8 Å². The Morgan fingerprint density at radius 2 is 1.74 bits per heavy atom. The molecule has 0 bridgehead atoms. The largest absolute Gasteiger partial charge is 0.481 e. The Morgan fingerprint density at radius 1 is 1.00 bits per heavy atom. The number of halogens is 1. The molecule has 6 nitrogen and oxygen atoms in total. The molecule has 3 aromatic rings. The average Bonchev–Trinajstić information content (AvgIpc) is 2.66. The molecule has 0 radical (unpaired) electrons. The van der Waals surface area contributed by atoms with Crippen LogP contribution in [0.2, 0.25) is 0 Å². The van der Waals surface area contributed by atoms with Crippen molar-refractivity contribution in [1.29, 1.82) is 0 Å². The van der Waals surface area contributed by atoms with Gasteiger partial charge < -0.3 is 4.74 Å². The summed E-state index contributed by atoms with van der Waals surface area (Å²) in [5.74, 6) is -0.0899. The van der Waals surface area contributed by atoms with Crippen LogP contribution in [0.5, 0.6) is 5.75 Å². The van der Waals surface area contributed by atoms with Crippen LogP contribution >= 0.6 is 15.9 Å². The van der Waals surface area contributed by atoms with Crippen LogP contribution in [0, 0.1) is 0 Å². The molecule has 0 aliphatic carbocycles. The third kappa shape index (κ3) is 4.85. The predicted octanol–water partition coefficient (Wildman–Crippen LogP) is 3.38. The number of fused-ring (bicyclic) bond motifs is 1. The number of ether oxygens (including phenoxy) is 1.